The van der Waals surface area contributed by atoms with Crippen LogP contribution in [0, 0.1) is 5.82 Å². The van der Waals surface area contributed by atoms with E-state index in [-0.39, 0.29) is 5.82 Å². The second kappa shape index (κ2) is 2.59. The molecule has 0 aromatic heterocycles. The summed E-state index contributed by atoms with van der Waals surface area (Å²) in [4.78, 5) is 6.11. The average Bonchev–Trinajstić information content (AvgIpc) is 2.07. The minimum Gasteiger partial charge on any atom is -0.367 e. The lowest BCUT2D eigenvalue weighted by molar-refractivity contribution is 0.627. The molecule has 1 heterocycles. The lowest BCUT2D eigenvalue weighted by atomic mass is 10.2. The highest BCUT2D eigenvalue weighted by molar-refractivity contribution is 5.81. The molecule has 0 fully saturated rings. The Bertz CT molecular complexity index is 333. The van der Waals surface area contributed by atoms with Crippen molar-refractivity contribution in [3.8, 4) is 0 Å². The summed E-state index contributed by atoms with van der Waals surface area (Å²) in [6.45, 7) is 0.746. The van der Waals surface area contributed by atoms with E-state index < -0.39 is 0 Å². The van der Waals surface area contributed by atoms with Crippen LogP contribution in [0.15, 0.2) is 23.2 Å². The zero-order chi connectivity index (χ0) is 8.55. The third-order valence-corrected chi connectivity index (χ3v) is 1.93. The smallest absolute Gasteiger partial charge is 0.125 e. The highest BCUT2D eigenvalue weighted by Gasteiger charge is 2.10. The summed E-state index contributed by atoms with van der Waals surface area (Å²) in [5.74, 6) is -0.210. The maximum Gasteiger partial charge on any atom is 0.125 e. The Morgan fingerprint density at radius 2 is 2.33 bits per heavy atom. The summed E-state index contributed by atoms with van der Waals surface area (Å²) in [5.41, 5.74) is 1.70. The number of hydrogen-bond donors (Lipinski definition) is 0. The molecule has 0 unspecified atom stereocenters. The first-order valence-corrected chi connectivity index (χ1v) is 3.80. The maximum absolute atomic E-state index is 12.8. The Hall–Kier alpha value is -1.38. The highest BCUT2D eigenvalue weighted by Crippen LogP contribution is 2.30. The summed E-state index contributed by atoms with van der Waals surface area (Å²) in [7, 11) is 1.92. The van der Waals surface area contributed by atoms with Gasteiger partial charge in [-0.15, -0.1) is 0 Å². The second-order valence-corrected chi connectivity index (χ2v) is 2.83. The van der Waals surface area contributed by atoms with E-state index in [4.69, 9.17) is 0 Å². The van der Waals surface area contributed by atoms with Gasteiger partial charge in [0.2, 0.25) is 0 Å². The first kappa shape index (κ1) is 7.28. The van der Waals surface area contributed by atoms with E-state index >= 15 is 0 Å². The van der Waals surface area contributed by atoms with Crippen molar-refractivity contribution in [1.82, 2.24) is 0 Å². The molecule has 12 heavy (non-hydrogen) atoms. The molecule has 1 aromatic rings. The summed E-state index contributed by atoms with van der Waals surface area (Å²) in [5, 5.41) is 0. The minimum atomic E-state index is -0.210. The van der Waals surface area contributed by atoms with Crippen LogP contribution < -0.4 is 4.90 Å². The number of aliphatic imine (C=N–C) groups is 1. The van der Waals surface area contributed by atoms with Crippen LogP contribution >= 0.6 is 0 Å². The summed E-state index contributed by atoms with van der Waals surface area (Å²) >= 11 is 0. The van der Waals surface area contributed by atoms with Gasteiger partial charge in [0, 0.05) is 13.3 Å². The minimum absolute atomic E-state index is 0.210. The largest absolute Gasteiger partial charge is 0.367 e. The van der Waals surface area contributed by atoms with Crippen molar-refractivity contribution < 1.29 is 4.39 Å². The first-order chi connectivity index (χ1) is 5.77. The van der Waals surface area contributed by atoms with Gasteiger partial charge in [-0.3, -0.25) is 4.99 Å². The fourth-order valence-corrected chi connectivity index (χ4v) is 1.27. The summed E-state index contributed by atoms with van der Waals surface area (Å²) in [6, 6.07) is 4.62. The standard InChI is InChI=1S/C9H9FN2/c1-12-5-4-11-8-3-2-7(10)6-9(8)12/h2-4,6H,5H2,1H3. The number of rotatable bonds is 0. The third-order valence-electron chi connectivity index (χ3n) is 1.93. The van der Waals surface area contributed by atoms with Gasteiger partial charge >= 0.3 is 0 Å². The van der Waals surface area contributed by atoms with E-state index in [1.807, 2.05) is 18.2 Å². The van der Waals surface area contributed by atoms with Crippen molar-refractivity contribution in [2.45, 2.75) is 0 Å². The van der Waals surface area contributed by atoms with Gasteiger partial charge < -0.3 is 4.90 Å². The number of hydrogen-bond acceptors (Lipinski definition) is 2. The van der Waals surface area contributed by atoms with Gasteiger partial charge in [-0.05, 0) is 18.2 Å². The predicted molar refractivity (Wildman–Crippen MR) is 47.8 cm³/mol. The Labute approximate surface area is 70.3 Å². The van der Waals surface area contributed by atoms with E-state index in [0.717, 1.165) is 17.9 Å². The van der Waals surface area contributed by atoms with Crippen molar-refractivity contribution in [3.05, 3.63) is 24.0 Å². The molecule has 3 heteroatoms. The van der Waals surface area contributed by atoms with Gasteiger partial charge in [-0.2, -0.15) is 0 Å². The van der Waals surface area contributed by atoms with Gasteiger partial charge in [0.05, 0.1) is 17.9 Å². The number of benzene rings is 1. The van der Waals surface area contributed by atoms with Crippen LogP contribution in [0.5, 0.6) is 0 Å². The van der Waals surface area contributed by atoms with E-state index in [2.05, 4.69) is 4.99 Å². The Morgan fingerprint density at radius 3 is 3.17 bits per heavy atom. The zero-order valence-electron chi connectivity index (χ0n) is 6.79. The SMILES string of the molecule is CN1CC=Nc2ccc(F)cc21. The molecule has 1 aliphatic rings. The van der Waals surface area contributed by atoms with Crippen LogP contribution in [0.1, 0.15) is 0 Å². The highest BCUT2D eigenvalue weighted by atomic mass is 19.1. The van der Waals surface area contributed by atoms with Crippen LogP contribution in [-0.2, 0) is 0 Å². The molecule has 1 aromatic carbocycles. The average molecular weight is 164 g/mol. The number of nitrogens with zero attached hydrogens (tertiary/aromatic N) is 2. The Kier molecular flexibility index (Phi) is 1.57. The topological polar surface area (TPSA) is 15.6 Å². The van der Waals surface area contributed by atoms with Crippen LogP contribution in [0.4, 0.5) is 15.8 Å². The monoisotopic (exact) mass is 164 g/mol. The van der Waals surface area contributed by atoms with Crippen molar-refractivity contribution >= 4 is 17.6 Å². The Balaban J connectivity index is 2.56. The van der Waals surface area contributed by atoms with Crippen LogP contribution in [0.3, 0.4) is 0 Å². The third kappa shape index (κ3) is 1.07. The molecule has 2 rings (SSSR count). The van der Waals surface area contributed by atoms with Crippen molar-refractivity contribution in [2.24, 2.45) is 4.99 Å². The summed E-state index contributed by atoms with van der Waals surface area (Å²) < 4.78 is 12.8. The van der Waals surface area contributed by atoms with Crippen molar-refractivity contribution in [1.29, 1.82) is 0 Å². The molecule has 0 aliphatic carbocycles. The molecule has 0 atom stereocenters. The van der Waals surface area contributed by atoms with E-state index in [1.54, 1.807) is 6.07 Å². The molecule has 1 aliphatic heterocycles. The van der Waals surface area contributed by atoms with Crippen LogP contribution in [0.25, 0.3) is 0 Å². The number of anilines is 1. The molecular formula is C9H9FN2. The number of halogens is 1. The fourth-order valence-electron chi connectivity index (χ4n) is 1.27. The maximum atomic E-state index is 12.8. The summed E-state index contributed by atoms with van der Waals surface area (Å²) in [6.07, 6.45) is 1.82. The molecule has 0 amide bonds. The molecule has 2 nitrogen and oxygen atoms in total. The second-order valence-electron chi connectivity index (χ2n) is 2.83. The van der Waals surface area contributed by atoms with Gasteiger partial charge in [0.25, 0.3) is 0 Å². The zero-order valence-corrected chi connectivity index (χ0v) is 6.79. The van der Waals surface area contributed by atoms with E-state index in [9.17, 15) is 4.39 Å². The van der Waals surface area contributed by atoms with Gasteiger partial charge in [-0.25, -0.2) is 4.39 Å². The van der Waals surface area contributed by atoms with Crippen LogP contribution in [-0.4, -0.2) is 19.8 Å². The molecule has 0 radical (unpaired) electrons. The van der Waals surface area contributed by atoms with E-state index in [0.29, 0.717) is 0 Å². The predicted octanol–water partition coefficient (Wildman–Crippen LogP) is 1.98. The van der Waals surface area contributed by atoms with Gasteiger partial charge in [0.15, 0.2) is 0 Å². The van der Waals surface area contributed by atoms with Crippen molar-refractivity contribution in [3.63, 3.8) is 0 Å². The molecular weight excluding hydrogens is 155 g/mol. The van der Waals surface area contributed by atoms with Crippen molar-refractivity contribution in [2.75, 3.05) is 18.5 Å². The number of fused-ring (bicyclic) bond motifs is 1. The molecule has 62 valence electrons. The molecule has 0 saturated carbocycles. The van der Waals surface area contributed by atoms with Crippen LogP contribution in [0.2, 0.25) is 0 Å². The van der Waals surface area contributed by atoms with Gasteiger partial charge in [0.1, 0.15) is 5.82 Å². The normalized spacial score (nSPS) is 14.7. The van der Waals surface area contributed by atoms with E-state index in [1.165, 1.54) is 12.1 Å². The lowest BCUT2D eigenvalue weighted by Gasteiger charge is -2.22. The molecule has 0 N–H and O–H groups in total. The van der Waals surface area contributed by atoms with Gasteiger partial charge in [-0.1, -0.05) is 0 Å². The quantitative estimate of drug-likeness (QED) is 0.572. The molecule has 0 spiro atoms. The molecule has 0 saturated heterocycles. The lowest BCUT2D eigenvalue weighted by Crippen LogP contribution is -2.21. The fraction of sp³-hybridized carbons (Fsp3) is 0.222. The molecule has 0 bridgehead atoms. The Morgan fingerprint density at radius 1 is 1.50 bits per heavy atom. The first-order valence-electron chi connectivity index (χ1n) is 3.80.